The Morgan fingerprint density at radius 2 is 2.03 bits per heavy atom. The molecule has 0 bridgehead atoms. The van der Waals surface area contributed by atoms with Gasteiger partial charge in [-0.15, -0.1) is 0 Å². The molecule has 0 aliphatic carbocycles. The minimum absolute atomic E-state index is 0.289. The van der Waals surface area contributed by atoms with Gasteiger partial charge in [-0.1, -0.05) is 11.6 Å². The summed E-state index contributed by atoms with van der Waals surface area (Å²) >= 11 is 5.99. The number of morpholine rings is 1. The highest BCUT2D eigenvalue weighted by molar-refractivity contribution is 6.30. The molecule has 2 heterocycles. The van der Waals surface area contributed by atoms with Crippen molar-refractivity contribution in [3.63, 3.8) is 0 Å². The highest BCUT2D eigenvalue weighted by atomic mass is 35.5. The van der Waals surface area contributed by atoms with Crippen molar-refractivity contribution in [1.29, 1.82) is 0 Å². The number of benzene rings is 2. The Morgan fingerprint density at radius 1 is 1.26 bits per heavy atom. The van der Waals surface area contributed by atoms with E-state index in [1.54, 1.807) is 24.4 Å². The van der Waals surface area contributed by atoms with Gasteiger partial charge in [0.25, 0.3) is 0 Å². The highest BCUT2D eigenvalue weighted by Crippen LogP contribution is 2.29. The lowest BCUT2D eigenvalue weighted by Gasteiger charge is -2.28. The van der Waals surface area contributed by atoms with Crippen LogP contribution in [-0.4, -0.2) is 49.4 Å². The molecule has 162 valence electrons. The fourth-order valence-corrected chi connectivity index (χ4v) is 3.83. The average Bonchev–Trinajstić information content (AvgIpc) is 2.77. The van der Waals surface area contributed by atoms with Crippen LogP contribution in [0.3, 0.4) is 0 Å². The van der Waals surface area contributed by atoms with Gasteiger partial charge < -0.3 is 19.7 Å². The van der Waals surface area contributed by atoms with Crippen LogP contribution in [0, 0.1) is 5.82 Å². The van der Waals surface area contributed by atoms with E-state index in [1.807, 2.05) is 6.92 Å². The van der Waals surface area contributed by atoms with Gasteiger partial charge in [0.2, 0.25) is 0 Å². The van der Waals surface area contributed by atoms with Crippen molar-refractivity contribution in [2.24, 2.45) is 0 Å². The lowest BCUT2D eigenvalue weighted by atomic mass is 10.0. The van der Waals surface area contributed by atoms with Crippen LogP contribution < -0.4 is 10.2 Å². The van der Waals surface area contributed by atoms with Gasteiger partial charge in [0.05, 0.1) is 49.2 Å². The third-order valence-corrected chi connectivity index (χ3v) is 5.35. The van der Waals surface area contributed by atoms with E-state index in [0.717, 1.165) is 24.5 Å². The first kappa shape index (κ1) is 21.3. The number of hydrogen-bond donors (Lipinski definition) is 1. The molecule has 1 unspecified atom stereocenters. The molecular formula is C22H22ClFN4O3. The number of esters is 1. The van der Waals surface area contributed by atoms with Gasteiger partial charge in [0.15, 0.2) is 0 Å². The molecule has 1 aromatic heterocycles. The van der Waals surface area contributed by atoms with Gasteiger partial charge in [0.1, 0.15) is 11.6 Å². The molecule has 0 radical (unpaired) electrons. The average molecular weight is 445 g/mol. The number of fused-ring (bicyclic) bond motifs is 1. The summed E-state index contributed by atoms with van der Waals surface area (Å²) in [7, 11) is 1.33. The number of halogens is 2. The number of ether oxygens (including phenoxy) is 2. The molecule has 2 aromatic carbocycles. The second kappa shape index (κ2) is 9.03. The number of aromatic nitrogens is 2. The van der Waals surface area contributed by atoms with E-state index in [-0.39, 0.29) is 11.1 Å². The lowest BCUT2D eigenvalue weighted by molar-refractivity contribution is 0.0600. The van der Waals surface area contributed by atoms with Crippen LogP contribution in [0.5, 0.6) is 0 Å². The predicted molar refractivity (Wildman–Crippen MR) is 117 cm³/mol. The second-order valence-corrected chi connectivity index (χ2v) is 7.71. The van der Waals surface area contributed by atoms with Gasteiger partial charge in [-0.25, -0.2) is 14.2 Å². The number of rotatable bonds is 5. The molecule has 1 fully saturated rings. The van der Waals surface area contributed by atoms with Gasteiger partial charge >= 0.3 is 5.97 Å². The molecule has 4 rings (SSSR count). The maximum absolute atomic E-state index is 13.8. The van der Waals surface area contributed by atoms with E-state index in [0.29, 0.717) is 35.5 Å². The normalized spacial score (nSPS) is 15.0. The largest absolute Gasteiger partial charge is 0.465 e. The van der Waals surface area contributed by atoms with Crippen molar-refractivity contribution in [2.75, 3.05) is 43.6 Å². The molecule has 0 amide bonds. The summed E-state index contributed by atoms with van der Waals surface area (Å²) in [4.78, 5) is 23.7. The summed E-state index contributed by atoms with van der Waals surface area (Å²) in [6.07, 6.45) is 1.70. The van der Waals surface area contributed by atoms with Gasteiger partial charge in [0, 0.05) is 29.4 Å². The van der Waals surface area contributed by atoms with Crippen molar-refractivity contribution in [3.05, 3.63) is 58.5 Å². The van der Waals surface area contributed by atoms with E-state index in [2.05, 4.69) is 15.2 Å². The standard InChI is InChI=1S/C22H22ClFN4O3/c1-13(26-17-10-15(23)9-16(24)11-17)18-7-14(22(29)30-2)8-19-21(18)27-20(12-25-19)28-3-5-31-6-4-28/h7-13,26H,3-6H2,1-2H3. The summed E-state index contributed by atoms with van der Waals surface area (Å²) in [5.41, 5.74) is 2.84. The van der Waals surface area contributed by atoms with Crippen LogP contribution in [-0.2, 0) is 9.47 Å². The van der Waals surface area contributed by atoms with Crippen molar-refractivity contribution in [3.8, 4) is 0 Å². The zero-order valence-electron chi connectivity index (χ0n) is 17.2. The SMILES string of the molecule is COC(=O)c1cc(C(C)Nc2cc(F)cc(Cl)c2)c2nc(N3CCOCC3)cnc2c1. The number of nitrogens with one attached hydrogen (secondary N) is 1. The summed E-state index contributed by atoms with van der Waals surface area (Å²) in [6, 6.07) is 7.30. The molecule has 1 N–H and O–H groups in total. The Balaban J connectivity index is 1.77. The molecule has 9 heteroatoms. The van der Waals surface area contributed by atoms with Crippen LogP contribution in [0.4, 0.5) is 15.9 Å². The first-order valence-electron chi connectivity index (χ1n) is 9.89. The number of carbonyl (C=O) groups is 1. The Labute approximate surface area is 184 Å². The number of anilines is 2. The molecule has 1 aliphatic rings. The van der Waals surface area contributed by atoms with Crippen LogP contribution >= 0.6 is 11.6 Å². The minimum atomic E-state index is -0.469. The zero-order chi connectivity index (χ0) is 22.0. The van der Waals surface area contributed by atoms with Gasteiger partial charge in [-0.2, -0.15) is 0 Å². The van der Waals surface area contributed by atoms with Crippen LogP contribution in [0.2, 0.25) is 5.02 Å². The van der Waals surface area contributed by atoms with E-state index in [1.165, 1.54) is 19.2 Å². The third kappa shape index (κ3) is 4.70. The summed E-state index contributed by atoms with van der Waals surface area (Å²) in [6.45, 7) is 4.62. The molecule has 31 heavy (non-hydrogen) atoms. The third-order valence-electron chi connectivity index (χ3n) is 5.13. The minimum Gasteiger partial charge on any atom is -0.465 e. The van der Waals surface area contributed by atoms with E-state index in [9.17, 15) is 9.18 Å². The molecule has 7 nitrogen and oxygen atoms in total. The van der Waals surface area contributed by atoms with Gasteiger partial charge in [-0.3, -0.25) is 4.98 Å². The summed E-state index contributed by atoms with van der Waals surface area (Å²) in [5.74, 6) is -0.170. The molecule has 1 aliphatic heterocycles. The van der Waals surface area contributed by atoms with Crippen molar-refractivity contribution in [1.82, 2.24) is 9.97 Å². The molecule has 1 atom stereocenters. The van der Waals surface area contributed by atoms with Crippen molar-refractivity contribution in [2.45, 2.75) is 13.0 Å². The highest BCUT2D eigenvalue weighted by Gasteiger charge is 2.20. The first-order chi connectivity index (χ1) is 14.9. The maximum atomic E-state index is 13.8. The topological polar surface area (TPSA) is 76.6 Å². The quantitative estimate of drug-likeness (QED) is 0.590. The van der Waals surface area contributed by atoms with Crippen molar-refractivity contribution < 1.29 is 18.7 Å². The first-order valence-corrected chi connectivity index (χ1v) is 10.3. The van der Waals surface area contributed by atoms with E-state index < -0.39 is 11.8 Å². The second-order valence-electron chi connectivity index (χ2n) is 7.28. The smallest absolute Gasteiger partial charge is 0.337 e. The monoisotopic (exact) mass is 444 g/mol. The van der Waals surface area contributed by atoms with Crippen LogP contribution in [0.15, 0.2) is 36.5 Å². The van der Waals surface area contributed by atoms with Crippen LogP contribution in [0.25, 0.3) is 11.0 Å². The maximum Gasteiger partial charge on any atom is 0.337 e. The Morgan fingerprint density at radius 3 is 2.74 bits per heavy atom. The van der Waals surface area contributed by atoms with Crippen LogP contribution in [0.1, 0.15) is 28.9 Å². The lowest BCUT2D eigenvalue weighted by Crippen LogP contribution is -2.36. The van der Waals surface area contributed by atoms with Gasteiger partial charge in [-0.05, 0) is 37.3 Å². The Hall–Kier alpha value is -2.97. The predicted octanol–water partition coefficient (Wildman–Crippen LogP) is 4.22. The number of nitrogens with zero attached hydrogens (tertiary/aromatic N) is 3. The molecular weight excluding hydrogens is 423 g/mol. The number of carbonyl (C=O) groups excluding carboxylic acids is 1. The fraction of sp³-hybridized carbons (Fsp3) is 0.318. The summed E-state index contributed by atoms with van der Waals surface area (Å²) < 4.78 is 24.1. The zero-order valence-corrected chi connectivity index (χ0v) is 17.9. The number of hydrogen-bond acceptors (Lipinski definition) is 7. The van der Waals surface area contributed by atoms with Crippen molar-refractivity contribution >= 4 is 40.1 Å². The van der Waals surface area contributed by atoms with E-state index >= 15 is 0 Å². The fourth-order valence-electron chi connectivity index (χ4n) is 3.61. The molecule has 0 saturated carbocycles. The Kier molecular flexibility index (Phi) is 6.20. The summed E-state index contributed by atoms with van der Waals surface area (Å²) in [5, 5.41) is 3.53. The molecule has 1 saturated heterocycles. The Bertz CT molecular complexity index is 1100. The van der Waals surface area contributed by atoms with E-state index in [4.69, 9.17) is 26.1 Å². The molecule has 3 aromatic rings. The number of methoxy groups -OCH3 is 1. The molecule has 0 spiro atoms.